The summed E-state index contributed by atoms with van der Waals surface area (Å²) in [6.45, 7) is -0.817. The second kappa shape index (κ2) is 24.3. The van der Waals surface area contributed by atoms with Crippen LogP contribution >= 0.6 is 69.1 Å². The Hall–Kier alpha value is -4.40. The largest absolute Gasteiger partial charge is 0.390 e. The summed E-state index contributed by atoms with van der Waals surface area (Å²) < 4.78 is 54.2. The highest BCUT2D eigenvalue weighted by molar-refractivity contribution is 7.84. The van der Waals surface area contributed by atoms with Gasteiger partial charge in [0, 0.05) is 45.4 Å². The molecule has 14 N–H and O–H groups in total. The summed E-state index contributed by atoms with van der Waals surface area (Å²) >= 11 is 27.1. The van der Waals surface area contributed by atoms with E-state index in [-0.39, 0.29) is 35.6 Å². The molecule has 2 fully saturated rings. The molecule has 22 nitrogen and oxygen atoms in total. The molecule has 4 aromatic heterocycles. The maximum absolute atomic E-state index is 13.4. The highest BCUT2D eigenvalue weighted by Gasteiger charge is 2.44. The molecule has 2 aromatic carbocycles. The monoisotopic (exact) mass is 1170 g/mol. The van der Waals surface area contributed by atoms with Gasteiger partial charge in [0.25, 0.3) is 0 Å². The van der Waals surface area contributed by atoms with Crippen molar-refractivity contribution in [2.45, 2.75) is 61.4 Å². The van der Waals surface area contributed by atoms with Crippen LogP contribution in [0.2, 0.25) is 18.7 Å². The fourth-order valence-corrected chi connectivity index (χ4v) is 12.0. The molecule has 74 heavy (non-hydrogen) atoms. The number of aliphatic hydroxyl groups is 4. The number of carbonyl (C=O) groups is 2. The van der Waals surface area contributed by atoms with Crippen LogP contribution in [0.4, 0.5) is 11.6 Å². The second-order valence-electron chi connectivity index (χ2n) is 17.0. The topological polar surface area (TPSA) is 381 Å². The van der Waals surface area contributed by atoms with E-state index < -0.39 is 106 Å². The molecule has 8 rings (SSSR count). The van der Waals surface area contributed by atoms with Crippen molar-refractivity contribution in [2.24, 2.45) is 33.6 Å². The highest BCUT2D eigenvalue weighted by atomic mass is 35.5. The standard InChI is InChI=1S/2C22H23Cl2N5O6S2/c2*23-12-3-1-2-10(4-12)17(25)13-6-16(36-21(13)24)19(31)14-7-27-9-28-22(14)29-15-5-11(18(30)20(15)32)8-35-37(26,33)34/h2*1-4,6-7,9,11,15,17-18,20,30,32H,5,8,25H2,(H2,26,33,34)(H,27,28,29)/t2*11-,15-,17?,18-,20+/m11/s1. The molecule has 0 radical (unpaired) electrons. The van der Waals surface area contributed by atoms with Crippen molar-refractivity contribution in [1.29, 1.82) is 0 Å². The number of thiophene rings is 2. The number of nitrogens with two attached hydrogens (primary N) is 4. The maximum atomic E-state index is 13.4. The normalized spacial score (nSPS) is 22.6. The number of ketones is 2. The first-order valence-corrected chi connectivity index (χ1v) is 27.9. The zero-order chi connectivity index (χ0) is 53.8. The first-order valence-electron chi connectivity index (χ1n) is 21.8. The van der Waals surface area contributed by atoms with Gasteiger partial charge in [-0.25, -0.2) is 30.2 Å². The summed E-state index contributed by atoms with van der Waals surface area (Å²) in [5.41, 5.74) is 15.5. The lowest BCUT2D eigenvalue weighted by Crippen LogP contribution is -2.36. The van der Waals surface area contributed by atoms with E-state index in [4.69, 9.17) is 68.1 Å². The van der Waals surface area contributed by atoms with E-state index >= 15 is 0 Å². The molecule has 2 saturated carbocycles. The fourth-order valence-electron chi connectivity index (χ4n) is 8.24. The summed E-state index contributed by atoms with van der Waals surface area (Å²) in [5, 5.41) is 58.2. The minimum absolute atomic E-state index is 0.106. The Morgan fingerprint density at radius 3 is 1.36 bits per heavy atom. The lowest BCUT2D eigenvalue weighted by molar-refractivity contribution is 0.00774. The van der Waals surface area contributed by atoms with Crippen LogP contribution in [0, 0.1) is 11.8 Å². The number of nitrogens with zero attached hydrogens (tertiary/aromatic N) is 4. The predicted octanol–water partition coefficient (Wildman–Crippen LogP) is 3.73. The molecule has 30 heteroatoms. The number of nitrogens with one attached hydrogen (secondary N) is 2. The summed E-state index contributed by atoms with van der Waals surface area (Å²) in [4.78, 5) is 43.5. The Kier molecular flexibility index (Phi) is 18.8. The minimum atomic E-state index is -4.21. The van der Waals surface area contributed by atoms with E-state index in [1.54, 1.807) is 48.5 Å². The van der Waals surface area contributed by atoms with Crippen LogP contribution in [-0.4, -0.2) is 118 Å². The first kappa shape index (κ1) is 57.3. The van der Waals surface area contributed by atoms with E-state index in [1.807, 2.05) is 12.1 Å². The van der Waals surface area contributed by atoms with E-state index in [2.05, 4.69) is 38.9 Å². The van der Waals surface area contributed by atoms with Crippen LogP contribution in [0.25, 0.3) is 0 Å². The van der Waals surface area contributed by atoms with Crippen molar-refractivity contribution in [2.75, 3.05) is 23.8 Å². The number of rotatable bonds is 18. The second-order valence-corrected chi connectivity index (χ2v) is 23.6. The first-order chi connectivity index (χ1) is 34.9. The lowest BCUT2D eigenvalue weighted by atomic mass is 10.0. The molecule has 0 saturated heterocycles. The van der Waals surface area contributed by atoms with Crippen LogP contribution in [0.3, 0.4) is 0 Å². The lowest BCUT2D eigenvalue weighted by Gasteiger charge is -2.19. The maximum Gasteiger partial charge on any atom is 0.333 e. The van der Waals surface area contributed by atoms with Crippen molar-refractivity contribution >= 4 is 113 Å². The van der Waals surface area contributed by atoms with Crippen LogP contribution in [0.15, 0.2) is 85.7 Å². The molecule has 0 aliphatic heterocycles. The average molecular weight is 1180 g/mol. The fraction of sp³-hybridized carbons (Fsp3) is 0.318. The van der Waals surface area contributed by atoms with Gasteiger partial charge in [-0.2, -0.15) is 16.8 Å². The van der Waals surface area contributed by atoms with E-state index in [0.717, 1.165) is 33.8 Å². The number of halogens is 4. The number of benzene rings is 2. The van der Waals surface area contributed by atoms with Gasteiger partial charge in [0.15, 0.2) is 0 Å². The molecule has 2 aliphatic rings. The molecule has 10 atom stereocenters. The third-order valence-electron chi connectivity index (χ3n) is 12.0. The summed E-state index contributed by atoms with van der Waals surface area (Å²) in [6.07, 6.45) is 0.191. The molecular weight excluding hydrogens is 1130 g/mol. The quantitative estimate of drug-likeness (QED) is 0.0548. The molecule has 0 amide bonds. The Bertz CT molecular complexity index is 3020. The number of aliphatic hydroxyl groups excluding tert-OH is 4. The Labute approximate surface area is 451 Å². The smallest absolute Gasteiger partial charge is 0.333 e. The predicted molar refractivity (Wildman–Crippen MR) is 278 cm³/mol. The van der Waals surface area contributed by atoms with Crippen LogP contribution < -0.4 is 32.4 Å². The van der Waals surface area contributed by atoms with Gasteiger partial charge in [0.2, 0.25) is 11.6 Å². The van der Waals surface area contributed by atoms with Gasteiger partial charge in [-0.05, 0) is 60.4 Å². The molecule has 2 aliphatic carbocycles. The minimum Gasteiger partial charge on any atom is -0.390 e. The SMILES string of the molecule is NC(c1cccc(Cl)c1)c1cc(C(=O)c2cncnc2N[C@@H]2C[C@H](COS(N)(=O)=O)[C@@H](O)[C@H]2O)sc1Cl.NC(c1cccc(Cl)c1)c1cc(C(=O)c2cncnc2N[C@@H]2C[C@H](COS(N)(=O)=O)[C@@H](O)[C@H]2O)sc1Cl. The Balaban J connectivity index is 0.000000216. The summed E-state index contributed by atoms with van der Waals surface area (Å²) in [6, 6.07) is 14.5. The number of hydrogen-bond acceptors (Lipinski definition) is 22. The summed E-state index contributed by atoms with van der Waals surface area (Å²) in [5.74, 6) is -2.07. The van der Waals surface area contributed by atoms with Crippen LogP contribution in [0.5, 0.6) is 0 Å². The summed E-state index contributed by atoms with van der Waals surface area (Å²) in [7, 11) is -8.42. The Morgan fingerprint density at radius 2 is 1.01 bits per heavy atom. The van der Waals surface area contributed by atoms with Crippen molar-refractivity contribution < 1.29 is 55.2 Å². The van der Waals surface area contributed by atoms with Crippen molar-refractivity contribution in [3.63, 3.8) is 0 Å². The van der Waals surface area contributed by atoms with Gasteiger partial charge in [0.05, 0.1) is 79.1 Å². The Morgan fingerprint density at radius 1 is 0.635 bits per heavy atom. The molecular formula is C44H46Cl4N10O12S4. The van der Waals surface area contributed by atoms with Gasteiger partial charge in [0.1, 0.15) is 36.5 Å². The molecule has 0 bridgehead atoms. The van der Waals surface area contributed by atoms with E-state index in [0.29, 0.717) is 39.6 Å². The van der Waals surface area contributed by atoms with Gasteiger partial charge in [-0.15, -0.1) is 22.7 Å². The average Bonchev–Trinajstić information content (AvgIpc) is 4.09. The van der Waals surface area contributed by atoms with E-state index in [9.17, 15) is 46.9 Å². The van der Waals surface area contributed by atoms with Crippen LogP contribution in [-0.2, 0) is 29.0 Å². The van der Waals surface area contributed by atoms with E-state index in [1.165, 1.54) is 25.0 Å². The van der Waals surface area contributed by atoms with Crippen LogP contribution in [0.1, 0.15) is 77.6 Å². The molecule has 0 spiro atoms. The van der Waals surface area contributed by atoms with Crippen molar-refractivity contribution in [1.82, 2.24) is 19.9 Å². The van der Waals surface area contributed by atoms with Gasteiger partial charge >= 0.3 is 20.6 Å². The van der Waals surface area contributed by atoms with Gasteiger partial charge in [-0.3, -0.25) is 18.0 Å². The highest BCUT2D eigenvalue weighted by Crippen LogP contribution is 2.39. The number of aromatic nitrogens is 4. The zero-order valence-electron chi connectivity index (χ0n) is 38.0. The molecule has 396 valence electrons. The number of carbonyl (C=O) groups excluding carboxylic acids is 2. The molecule has 4 heterocycles. The number of hydrogen-bond donors (Lipinski definition) is 10. The van der Waals surface area contributed by atoms with Crippen molar-refractivity contribution in [3.8, 4) is 0 Å². The third kappa shape index (κ3) is 14.1. The van der Waals surface area contributed by atoms with Crippen molar-refractivity contribution in [3.05, 3.63) is 148 Å². The number of anilines is 2. The zero-order valence-corrected chi connectivity index (χ0v) is 44.3. The molecule has 2 unspecified atom stereocenters. The molecule has 6 aromatic rings. The van der Waals surface area contributed by atoms with Gasteiger partial charge in [-0.1, -0.05) is 70.7 Å². The van der Waals surface area contributed by atoms with Gasteiger partial charge < -0.3 is 42.5 Å². The third-order valence-corrected chi connectivity index (χ3v) is 16.2.